The predicted octanol–water partition coefficient (Wildman–Crippen LogP) is 2.10. The van der Waals surface area contributed by atoms with Gasteiger partial charge in [0.15, 0.2) is 12.4 Å². The fourth-order valence-electron chi connectivity index (χ4n) is 1.55. The Morgan fingerprint density at radius 2 is 2.00 bits per heavy atom. The molecule has 0 fully saturated rings. The van der Waals surface area contributed by atoms with Crippen LogP contribution >= 0.6 is 0 Å². The molecule has 4 heteroatoms. The highest BCUT2D eigenvalue weighted by Crippen LogP contribution is 2.20. The number of nitrogens with one attached hydrogen (secondary N) is 1. The van der Waals surface area contributed by atoms with Crippen molar-refractivity contribution >= 4 is 11.7 Å². The van der Waals surface area contributed by atoms with E-state index >= 15 is 0 Å². The van der Waals surface area contributed by atoms with Gasteiger partial charge in [-0.1, -0.05) is 11.6 Å². The van der Waals surface area contributed by atoms with Crippen molar-refractivity contribution in [2.24, 2.45) is 0 Å². The molecule has 98 valence electrons. The zero-order valence-electron chi connectivity index (χ0n) is 11.2. The second-order valence-corrected chi connectivity index (χ2v) is 4.57. The first-order valence-corrected chi connectivity index (χ1v) is 5.94. The number of hydrogen-bond donors (Lipinski definition) is 1. The number of aryl methyl sites for hydroxylation is 1. The van der Waals surface area contributed by atoms with Crippen molar-refractivity contribution in [3.63, 3.8) is 0 Å². The van der Waals surface area contributed by atoms with E-state index in [9.17, 15) is 9.59 Å². The van der Waals surface area contributed by atoms with E-state index in [0.29, 0.717) is 11.3 Å². The number of hydrogen-bond acceptors (Lipinski definition) is 3. The molecule has 0 aliphatic carbocycles. The maximum absolute atomic E-state index is 11.5. The minimum Gasteiger partial charge on any atom is -0.483 e. The summed E-state index contributed by atoms with van der Waals surface area (Å²) in [7, 11) is 0. The van der Waals surface area contributed by atoms with Gasteiger partial charge in [-0.15, -0.1) is 0 Å². The van der Waals surface area contributed by atoms with Gasteiger partial charge in [-0.05, 0) is 39.8 Å². The third kappa shape index (κ3) is 4.20. The SMILES string of the molecule is CC(=O)c1cc(C)ccc1OCC(=O)NC(C)C. The fraction of sp³-hybridized carbons (Fsp3) is 0.429. The monoisotopic (exact) mass is 249 g/mol. The summed E-state index contributed by atoms with van der Waals surface area (Å²) in [6.07, 6.45) is 0. The lowest BCUT2D eigenvalue weighted by atomic mass is 10.1. The van der Waals surface area contributed by atoms with Crippen LogP contribution in [0.5, 0.6) is 5.75 Å². The van der Waals surface area contributed by atoms with Gasteiger partial charge in [-0.3, -0.25) is 9.59 Å². The average Bonchev–Trinajstić information content (AvgIpc) is 2.26. The van der Waals surface area contributed by atoms with E-state index in [1.54, 1.807) is 12.1 Å². The molecule has 1 aromatic rings. The zero-order chi connectivity index (χ0) is 13.7. The molecule has 0 saturated carbocycles. The standard InChI is InChI=1S/C14H19NO3/c1-9(2)15-14(17)8-18-13-6-5-10(3)7-12(13)11(4)16/h5-7,9H,8H2,1-4H3,(H,15,17). The van der Waals surface area contributed by atoms with Crippen LogP contribution in [0.2, 0.25) is 0 Å². The van der Waals surface area contributed by atoms with E-state index in [1.165, 1.54) is 6.92 Å². The normalized spacial score (nSPS) is 10.3. The Balaban J connectivity index is 2.73. The van der Waals surface area contributed by atoms with Crippen LogP contribution in [0.15, 0.2) is 18.2 Å². The number of Topliss-reactive ketones (excluding diaryl/α,β-unsaturated/α-hetero) is 1. The van der Waals surface area contributed by atoms with Crippen molar-refractivity contribution in [2.75, 3.05) is 6.61 Å². The molecule has 0 aliphatic rings. The Morgan fingerprint density at radius 1 is 1.33 bits per heavy atom. The van der Waals surface area contributed by atoms with Gasteiger partial charge in [-0.25, -0.2) is 0 Å². The smallest absolute Gasteiger partial charge is 0.258 e. The number of ketones is 1. The number of carbonyl (C=O) groups excluding carboxylic acids is 2. The lowest BCUT2D eigenvalue weighted by Crippen LogP contribution is -2.34. The van der Waals surface area contributed by atoms with Crippen molar-refractivity contribution in [3.8, 4) is 5.75 Å². The molecule has 0 aromatic heterocycles. The van der Waals surface area contributed by atoms with Crippen molar-refractivity contribution in [2.45, 2.75) is 33.7 Å². The molecule has 4 nitrogen and oxygen atoms in total. The Hall–Kier alpha value is -1.84. The van der Waals surface area contributed by atoms with Crippen molar-refractivity contribution < 1.29 is 14.3 Å². The molecular formula is C14H19NO3. The zero-order valence-corrected chi connectivity index (χ0v) is 11.2. The van der Waals surface area contributed by atoms with Crippen molar-refractivity contribution in [3.05, 3.63) is 29.3 Å². The third-order valence-corrected chi connectivity index (χ3v) is 2.32. The van der Waals surface area contributed by atoms with Crippen LogP contribution in [-0.4, -0.2) is 24.3 Å². The lowest BCUT2D eigenvalue weighted by Gasteiger charge is -2.12. The number of carbonyl (C=O) groups is 2. The van der Waals surface area contributed by atoms with Crippen LogP contribution in [0.1, 0.15) is 36.7 Å². The van der Waals surface area contributed by atoms with Gasteiger partial charge in [0.25, 0.3) is 5.91 Å². The molecule has 1 N–H and O–H groups in total. The van der Waals surface area contributed by atoms with Gasteiger partial charge in [0, 0.05) is 6.04 Å². The molecule has 0 aliphatic heterocycles. The largest absolute Gasteiger partial charge is 0.483 e. The fourth-order valence-corrected chi connectivity index (χ4v) is 1.55. The van der Waals surface area contributed by atoms with E-state index in [1.807, 2.05) is 26.8 Å². The average molecular weight is 249 g/mol. The number of rotatable bonds is 5. The van der Waals surface area contributed by atoms with Gasteiger partial charge in [0.05, 0.1) is 5.56 Å². The predicted molar refractivity (Wildman–Crippen MR) is 70.0 cm³/mol. The van der Waals surface area contributed by atoms with Crippen LogP contribution in [0.25, 0.3) is 0 Å². The van der Waals surface area contributed by atoms with Gasteiger partial charge in [-0.2, -0.15) is 0 Å². The highest BCUT2D eigenvalue weighted by atomic mass is 16.5. The minimum atomic E-state index is -0.194. The molecule has 0 bridgehead atoms. The molecule has 1 amide bonds. The minimum absolute atomic E-state index is 0.0713. The Morgan fingerprint density at radius 3 is 2.56 bits per heavy atom. The summed E-state index contributed by atoms with van der Waals surface area (Å²) in [6, 6.07) is 5.40. The maximum Gasteiger partial charge on any atom is 0.258 e. The van der Waals surface area contributed by atoms with Crippen LogP contribution in [0, 0.1) is 6.92 Å². The molecular weight excluding hydrogens is 230 g/mol. The van der Waals surface area contributed by atoms with Crippen LogP contribution in [0.3, 0.4) is 0 Å². The molecule has 0 atom stereocenters. The van der Waals surface area contributed by atoms with Gasteiger partial charge in [0.2, 0.25) is 0 Å². The summed E-state index contributed by atoms with van der Waals surface area (Å²) in [5.41, 5.74) is 1.49. The quantitative estimate of drug-likeness (QED) is 0.813. The van der Waals surface area contributed by atoms with Crippen molar-refractivity contribution in [1.29, 1.82) is 0 Å². The summed E-state index contributed by atoms with van der Waals surface area (Å²) < 4.78 is 5.38. The molecule has 0 saturated heterocycles. The number of ether oxygens (including phenoxy) is 1. The first-order chi connectivity index (χ1) is 8.40. The second kappa shape index (κ2) is 6.19. The molecule has 0 unspecified atom stereocenters. The van der Waals surface area contributed by atoms with E-state index in [2.05, 4.69) is 5.32 Å². The molecule has 0 spiro atoms. The van der Waals surface area contributed by atoms with Gasteiger partial charge < -0.3 is 10.1 Å². The van der Waals surface area contributed by atoms with E-state index < -0.39 is 0 Å². The molecule has 18 heavy (non-hydrogen) atoms. The highest BCUT2D eigenvalue weighted by Gasteiger charge is 2.11. The molecule has 0 radical (unpaired) electrons. The Labute approximate surface area is 107 Å². The summed E-state index contributed by atoms with van der Waals surface area (Å²) in [5, 5.41) is 2.72. The summed E-state index contributed by atoms with van der Waals surface area (Å²) in [4.78, 5) is 22.9. The van der Waals surface area contributed by atoms with Crippen molar-refractivity contribution in [1.82, 2.24) is 5.32 Å². The van der Waals surface area contributed by atoms with E-state index in [0.717, 1.165) is 5.56 Å². The Bertz CT molecular complexity index is 452. The van der Waals surface area contributed by atoms with Gasteiger partial charge in [0.1, 0.15) is 5.75 Å². The Kier molecular flexibility index (Phi) is 4.89. The number of amides is 1. The summed E-state index contributed by atoms with van der Waals surface area (Å²) in [5.74, 6) is 0.185. The third-order valence-electron chi connectivity index (χ3n) is 2.32. The van der Waals surface area contributed by atoms with E-state index in [4.69, 9.17) is 4.74 Å². The summed E-state index contributed by atoms with van der Waals surface area (Å²) in [6.45, 7) is 7.06. The summed E-state index contributed by atoms with van der Waals surface area (Å²) >= 11 is 0. The molecule has 0 heterocycles. The van der Waals surface area contributed by atoms with Crippen LogP contribution in [0.4, 0.5) is 0 Å². The lowest BCUT2D eigenvalue weighted by molar-refractivity contribution is -0.123. The molecule has 1 rings (SSSR count). The topological polar surface area (TPSA) is 55.4 Å². The van der Waals surface area contributed by atoms with Crippen LogP contribution in [-0.2, 0) is 4.79 Å². The van der Waals surface area contributed by atoms with E-state index in [-0.39, 0.29) is 24.3 Å². The van der Waals surface area contributed by atoms with Gasteiger partial charge >= 0.3 is 0 Å². The second-order valence-electron chi connectivity index (χ2n) is 4.57. The highest BCUT2D eigenvalue weighted by molar-refractivity contribution is 5.97. The molecule has 1 aromatic carbocycles. The maximum atomic E-state index is 11.5. The van der Waals surface area contributed by atoms with Crippen LogP contribution < -0.4 is 10.1 Å². The number of benzene rings is 1. The first kappa shape index (κ1) is 14.2. The first-order valence-electron chi connectivity index (χ1n) is 5.94.